The number of halogens is 2. The van der Waals surface area contributed by atoms with Crippen LogP contribution in [0, 0.1) is 18.3 Å². The Morgan fingerprint density at radius 2 is 1.78 bits per heavy atom. The highest BCUT2D eigenvalue weighted by Gasteiger charge is 2.19. The van der Waals surface area contributed by atoms with E-state index in [-0.39, 0.29) is 5.91 Å². The van der Waals surface area contributed by atoms with Crippen LogP contribution in [0.25, 0.3) is 0 Å². The maximum absolute atomic E-state index is 12.8. The highest BCUT2D eigenvalue weighted by molar-refractivity contribution is 6.30. The summed E-state index contributed by atoms with van der Waals surface area (Å²) in [5.41, 5.74) is 3.26. The number of hydrogen-bond donors (Lipinski definition) is 1. The third-order valence-corrected chi connectivity index (χ3v) is 4.61. The van der Waals surface area contributed by atoms with E-state index < -0.39 is 6.04 Å². The lowest BCUT2D eigenvalue weighted by atomic mass is 10.0. The number of nitrogens with one attached hydrogen (secondary N) is 1. The number of hydrogen-bond acceptors (Lipinski definition) is 3. The molecule has 3 aromatic rings. The second kappa shape index (κ2) is 8.22. The van der Waals surface area contributed by atoms with Crippen molar-refractivity contribution < 1.29 is 4.79 Å². The Morgan fingerprint density at radius 1 is 1.07 bits per heavy atom. The number of carbonyl (C=O) groups excluding carboxylic acids is 1. The minimum atomic E-state index is -0.469. The molecule has 1 aromatic heterocycles. The molecule has 2 aromatic carbocycles. The first-order valence-electron chi connectivity index (χ1n) is 8.16. The van der Waals surface area contributed by atoms with Gasteiger partial charge in [-0.2, -0.15) is 5.26 Å². The fourth-order valence-corrected chi connectivity index (χ4v) is 2.92. The molecule has 0 saturated heterocycles. The number of aryl methyl sites for hydroxylation is 1. The average molecular weight is 396 g/mol. The fraction of sp³-hybridized carbons (Fsp3) is 0.0952. The number of rotatable bonds is 4. The first-order chi connectivity index (χ1) is 13.0. The molecule has 4 nitrogen and oxygen atoms in total. The standard InChI is InChI=1S/C21H15Cl2N3O/c1-13-10-15(2-3-16(13)11-24)21(27)26-20(14-4-6-17(22)7-5-14)19-9-8-18(23)12-25-19/h2-10,12,20H,1H3,(H,26,27). The van der Waals surface area contributed by atoms with E-state index >= 15 is 0 Å². The van der Waals surface area contributed by atoms with Crippen LogP contribution in [0.3, 0.4) is 0 Å². The largest absolute Gasteiger partial charge is 0.340 e. The number of nitriles is 1. The molecule has 134 valence electrons. The van der Waals surface area contributed by atoms with E-state index in [1.807, 2.05) is 12.1 Å². The normalized spacial score (nSPS) is 11.5. The Balaban J connectivity index is 1.94. The molecule has 1 atom stereocenters. The van der Waals surface area contributed by atoms with Crippen LogP contribution in [-0.2, 0) is 0 Å². The van der Waals surface area contributed by atoms with Gasteiger partial charge in [0.25, 0.3) is 5.91 Å². The van der Waals surface area contributed by atoms with Crippen molar-refractivity contribution in [2.75, 3.05) is 0 Å². The van der Waals surface area contributed by atoms with Crippen molar-refractivity contribution in [1.29, 1.82) is 5.26 Å². The van der Waals surface area contributed by atoms with Crippen LogP contribution in [0.1, 0.15) is 38.8 Å². The van der Waals surface area contributed by atoms with Crippen molar-refractivity contribution in [3.05, 3.63) is 98.8 Å². The number of pyridine rings is 1. The van der Waals surface area contributed by atoms with E-state index in [1.165, 1.54) is 6.20 Å². The van der Waals surface area contributed by atoms with E-state index in [0.29, 0.717) is 26.9 Å². The van der Waals surface area contributed by atoms with Crippen LogP contribution >= 0.6 is 23.2 Å². The summed E-state index contributed by atoms with van der Waals surface area (Å²) >= 11 is 11.9. The molecule has 6 heteroatoms. The number of amides is 1. The molecule has 3 rings (SSSR count). The molecule has 0 fully saturated rings. The van der Waals surface area contributed by atoms with E-state index in [2.05, 4.69) is 16.4 Å². The van der Waals surface area contributed by atoms with Crippen LogP contribution in [-0.4, -0.2) is 10.9 Å². The molecule has 0 saturated carbocycles. The summed E-state index contributed by atoms with van der Waals surface area (Å²) in [5.74, 6) is -0.265. The van der Waals surface area contributed by atoms with Crippen molar-refractivity contribution in [3.8, 4) is 6.07 Å². The molecule has 1 heterocycles. The van der Waals surface area contributed by atoms with Gasteiger partial charge in [-0.3, -0.25) is 9.78 Å². The average Bonchev–Trinajstić information content (AvgIpc) is 2.67. The molecule has 0 aliphatic heterocycles. The lowest BCUT2D eigenvalue weighted by molar-refractivity contribution is 0.0942. The lowest BCUT2D eigenvalue weighted by Gasteiger charge is -2.19. The summed E-state index contributed by atoms with van der Waals surface area (Å²) in [7, 11) is 0. The second-order valence-corrected chi connectivity index (χ2v) is 6.87. The number of carbonyl (C=O) groups is 1. The van der Waals surface area contributed by atoms with Crippen molar-refractivity contribution >= 4 is 29.1 Å². The van der Waals surface area contributed by atoms with Gasteiger partial charge in [-0.05, 0) is 60.5 Å². The number of nitrogens with zero attached hydrogens (tertiary/aromatic N) is 2. The first kappa shape index (κ1) is 18.9. The summed E-state index contributed by atoms with van der Waals surface area (Å²) in [6.07, 6.45) is 1.54. The van der Waals surface area contributed by atoms with Gasteiger partial charge in [-0.15, -0.1) is 0 Å². The number of aromatic nitrogens is 1. The topological polar surface area (TPSA) is 65.8 Å². The number of benzene rings is 2. The highest BCUT2D eigenvalue weighted by atomic mass is 35.5. The van der Waals surface area contributed by atoms with Gasteiger partial charge in [0.05, 0.1) is 28.4 Å². The third kappa shape index (κ3) is 4.46. The highest BCUT2D eigenvalue weighted by Crippen LogP contribution is 2.24. The van der Waals surface area contributed by atoms with E-state index in [4.69, 9.17) is 28.5 Å². The molecule has 0 spiro atoms. The van der Waals surface area contributed by atoms with Crippen LogP contribution in [0.4, 0.5) is 0 Å². The molecule has 1 N–H and O–H groups in total. The zero-order valence-electron chi connectivity index (χ0n) is 14.4. The molecule has 0 bridgehead atoms. The van der Waals surface area contributed by atoms with Crippen LogP contribution in [0.2, 0.25) is 10.0 Å². The Labute approximate surface area is 167 Å². The van der Waals surface area contributed by atoms with Crippen LogP contribution < -0.4 is 5.32 Å². The van der Waals surface area contributed by atoms with E-state index in [9.17, 15) is 4.79 Å². The summed E-state index contributed by atoms with van der Waals surface area (Å²) in [6, 6.07) is 17.3. The maximum atomic E-state index is 12.8. The minimum Gasteiger partial charge on any atom is -0.340 e. The predicted molar refractivity (Wildman–Crippen MR) is 106 cm³/mol. The van der Waals surface area contributed by atoms with Crippen molar-refractivity contribution in [2.45, 2.75) is 13.0 Å². The van der Waals surface area contributed by atoms with Gasteiger partial charge in [-0.1, -0.05) is 35.3 Å². The second-order valence-electron chi connectivity index (χ2n) is 6.00. The van der Waals surface area contributed by atoms with Crippen molar-refractivity contribution in [1.82, 2.24) is 10.3 Å². The molecule has 1 unspecified atom stereocenters. The Bertz CT molecular complexity index is 964. The molecule has 0 aliphatic rings. The lowest BCUT2D eigenvalue weighted by Crippen LogP contribution is -2.30. The first-order valence-corrected chi connectivity index (χ1v) is 8.92. The molecule has 1 amide bonds. The van der Waals surface area contributed by atoms with Gasteiger partial charge in [0.15, 0.2) is 0 Å². The van der Waals surface area contributed by atoms with Gasteiger partial charge < -0.3 is 5.32 Å². The third-order valence-electron chi connectivity index (χ3n) is 4.13. The zero-order valence-corrected chi connectivity index (χ0v) is 15.9. The van der Waals surface area contributed by atoms with Gasteiger partial charge >= 0.3 is 0 Å². The molecular weight excluding hydrogens is 381 g/mol. The Morgan fingerprint density at radius 3 is 2.37 bits per heavy atom. The van der Waals surface area contributed by atoms with Gasteiger partial charge in [0.2, 0.25) is 0 Å². The van der Waals surface area contributed by atoms with E-state index in [1.54, 1.807) is 49.4 Å². The van der Waals surface area contributed by atoms with Gasteiger partial charge in [0.1, 0.15) is 0 Å². The van der Waals surface area contributed by atoms with Crippen LogP contribution in [0.5, 0.6) is 0 Å². The van der Waals surface area contributed by atoms with E-state index in [0.717, 1.165) is 11.1 Å². The van der Waals surface area contributed by atoms with Crippen LogP contribution in [0.15, 0.2) is 60.8 Å². The summed E-state index contributed by atoms with van der Waals surface area (Å²) < 4.78 is 0. The zero-order chi connectivity index (χ0) is 19.4. The SMILES string of the molecule is Cc1cc(C(=O)NC(c2ccc(Cl)cc2)c2ccc(Cl)cn2)ccc1C#N. The maximum Gasteiger partial charge on any atom is 0.252 e. The van der Waals surface area contributed by atoms with Crippen molar-refractivity contribution in [3.63, 3.8) is 0 Å². The summed E-state index contributed by atoms with van der Waals surface area (Å²) in [4.78, 5) is 17.2. The Hall–Kier alpha value is -2.87. The molecule has 0 aliphatic carbocycles. The predicted octanol–water partition coefficient (Wildman–Crippen LogP) is 5.09. The molecule has 27 heavy (non-hydrogen) atoms. The molecule has 0 radical (unpaired) electrons. The minimum absolute atomic E-state index is 0.265. The summed E-state index contributed by atoms with van der Waals surface area (Å²) in [6.45, 7) is 1.80. The summed E-state index contributed by atoms with van der Waals surface area (Å²) in [5, 5.41) is 13.2. The van der Waals surface area contributed by atoms with Gasteiger partial charge in [0, 0.05) is 16.8 Å². The monoisotopic (exact) mass is 395 g/mol. The molecular formula is C21H15Cl2N3O. The smallest absolute Gasteiger partial charge is 0.252 e. The fourth-order valence-electron chi connectivity index (χ4n) is 2.69. The Kier molecular flexibility index (Phi) is 5.75. The quantitative estimate of drug-likeness (QED) is 0.668. The van der Waals surface area contributed by atoms with Crippen molar-refractivity contribution in [2.24, 2.45) is 0 Å². The van der Waals surface area contributed by atoms with Gasteiger partial charge in [-0.25, -0.2) is 0 Å².